The zero-order valence-electron chi connectivity index (χ0n) is 21.8. The van der Waals surface area contributed by atoms with Gasteiger partial charge in [0.2, 0.25) is 11.8 Å². The summed E-state index contributed by atoms with van der Waals surface area (Å²) in [7, 11) is 1.26. The number of alkyl halides is 3. The van der Waals surface area contributed by atoms with Crippen molar-refractivity contribution in [2.24, 2.45) is 0 Å². The number of carbonyl (C=O) groups excluding carboxylic acids is 5. The number of hydrogen-bond acceptors (Lipinski definition) is 8. The molecule has 1 fully saturated rings. The number of hydrogen-bond donors (Lipinski definition) is 3. The minimum atomic E-state index is -4.67. The van der Waals surface area contributed by atoms with Gasteiger partial charge in [0.25, 0.3) is 11.8 Å². The predicted octanol–water partition coefficient (Wildman–Crippen LogP) is 3.78. The number of piperidine rings is 1. The third-order valence-corrected chi connectivity index (χ3v) is 7.99. The van der Waals surface area contributed by atoms with Crippen LogP contribution in [0.2, 0.25) is 0 Å². The van der Waals surface area contributed by atoms with Gasteiger partial charge in [-0.15, -0.1) is 11.3 Å². The molecule has 3 N–H and O–H groups in total. The molecule has 2 aliphatic rings. The first kappa shape index (κ1) is 28.0. The topological polar surface area (TPSA) is 147 Å². The Balaban J connectivity index is 1.34. The Morgan fingerprint density at radius 2 is 1.80 bits per heavy atom. The Kier molecular flexibility index (Phi) is 6.72. The fourth-order valence-corrected chi connectivity index (χ4v) is 5.73. The Bertz CT molecular complexity index is 1650. The van der Waals surface area contributed by atoms with Crippen LogP contribution in [0.5, 0.6) is 5.75 Å². The molecule has 1 aromatic heterocycles. The molecule has 1 atom stereocenters. The monoisotopic (exact) mass is 589 g/mol. The van der Waals surface area contributed by atoms with E-state index in [4.69, 9.17) is 4.74 Å². The minimum absolute atomic E-state index is 0.00173. The molecule has 11 nitrogen and oxygen atoms in total. The summed E-state index contributed by atoms with van der Waals surface area (Å²) < 4.78 is 46.2. The highest BCUT2D eigenvalue weighted by atomic mass is 32.1. The number of methoxy groups -OCH3 is 1. The van der Waals surface area contributed by atoms with Gasteiger partial charge < -0.3 is 15.4 Å². The van der Waals surface area contributed by atoms with Gasteiger partial charge in [-0.2, -0.15) is 13.2 Å². The van der Waals surface area contributed by atoms with E-state index < -0.39 is 53.0 Å². The zero-order valence-corrected chi connectivity index (χ0v) is 22.6. The molecular weight excluding hydrogens is 567 g/mol. The maximum Gasteiger partial charge on any atom is 0.418 e. The van der Waals surface area contributed by atoms with E-state index in [-0.39, 0.29) is 50.6 Å². The smallest absolute Gasteiger partial charge is 0.418 e. The van der Waals surface area contributed by atoms with Crippen molar-refractivity contribution in [2.45, 2.75) is 44.4 Å². The van der Waals surface area contributed by atoms with Gasteiger partial charge in [0.1, 0.15) is 16.8 Å². The number of urea groups is 1. The highest BCUT2D eigenvalue weighted by molar-refractivity contribution is 7.18. The number of benzene rings is 2. The lowest BCUT2D eigenvalue weighted by molar-refractivity contribution is -0.137. The average Bonchev–Trinajstić information content (AvgIpc) is 3.42. The Morgan fingerprint density at radius 3 is 2.46 bits per heavy atom. The number of fused-ring (bicyclic) bond motifs is 2. The fourth-order valence-electron chi connectivity index (χ4n) is 4.65. The summed E-state index contributed by atoms with van der Waals surface area (Å²) in [5, 5.41) is 7.54. The molecule has 3 aromatic rings. The second kappa shape index (κ2) is 9.83. The van der Waals surface area contributed by atoms with Crippen LogP contribution >= 0.6 is 11.3 Å². The molecule has 0 saturated carbocycles. The quantitative estimate of drug-likeness (QED) is 0.384. The predicted molar refractivity (Wildman–Crippen MR) is 139 cm³/mol. The van der Waals surface area contributed by atoms with Crippen LogP contribution in [0, 0.1) is 0 Å². The summed E-state index contributed by atoms with van der Waals surface area (Å²) in [6.07, 6.45) is -4.69. The van der Waals surface area contributed by atoms with E-state index in [9.17, 15) is 37.1 Å². The van der Waals surface area contributed by atoms with Crippen molar-refractivity contribution < 1.29 is 41.9 Å². The van der Waals surface area contributed by atoms with E-state index in [0.717, 1.165) is 22.3 Å². The number of rotatable bonds is 5. The van der Waals surface area contributed by atoms with Crippen LogP contribution in [0.1, 0.15) is 58.0 Å². The van der Waals surface area contributed by atoms with Crippen molar-refractivity contribution in [1.82, 2.24) is 20.5 Å². The Labute approximate surface area is 234 Å². The number of ether oxygens (including phenoxy) is 1. The van der Waals surface area contributed by atoms with Gasteiger partial charge in [0.15, 0.2) is 0 Å². The van der Waals surface area contributed by atoms with Crippen LogP contribution in [0.15, 0.2) is 30.3 Å². The largest absolute Gasteiger partial charge is 0.497 e. The Hall–Kier alpha value is -4.53. The van der Waals surface area contributed by atoms with Crippen molar-refractivity contribution in [1.29, 1.82) is 0 Å². The van der Waals surface area contributed by atoms with Crippen LogP contribution in [0.4, 0.5) is 23.7 Å². The summed E-state index contributed by atoms with van der Waals surface area (Å²) in [6, 6.07) is 4.43. The van der Waals surface area contributed by atoms with Gasteiger partial charge in [-0.1, -0.05) is 0 Å². The van der Waals surface area contributed by atoms with E-state index in [1.54, 1.807) is 13.8 Å². The molecule has 1 saturated heterocycles. The number of imide groups is 2. The summed E-state index contributed by atoms with van der Waals surface area (Å²) in [5.74, 6) is -2.65. The van der Waals surface area contributed by atoms with Crippen molar-refractivity contribution >= 4 is 56.9 Å². The molecule has 1 unspecified atom stereocenters. The molecule has 0 aliphatic carbocycles. The van der Waals surface area contributed by atoms with Crippen molar-refractivity contribution in [2.75, 3.05) is 12.4 Å². The second-order valence-electron chi connectivity index (χ2n) is 9.95. The maximum absolute atomic E-state index is 13.7. The lowest BCUT2D eigenvalue weighted by Gasteiger charge is -2.27. The van der Waals surface area contributed by atoms with Crippen LogP contribution in [0.3, 0.4) is 0 Å². The van der Waals surface area contributed by atoms with Gasteiger partial charge in [0.05, 0.1) is 39.6 Å². The molecule has 6 amide bonds. The van der Waals surface area contributed by atoms with Crippen LogP contribution in [-0.2, 0) is 21.3 Å². The molecule has 3 heterocycles. The second-order valence-corrected chi connectivity index (χ2v) is 11.0. The summed E-state index contributed by atoms with van der Waals surface area (Å²) in [5.41, 5.74) is -2.28. The molecule has 0 spiro atoms. The number of anilines is 1. The zero-order chi connectivity index (χ0) is 29.9. The third kappa shape index (κ3) is 5.08. The highest BCUT2D eigenvalue weighted by Gasteiger charge is 2.44. The first-order valence-electron chi connectivity index (χ1n) is 12.2. The van der Waals surface area contributed by atoms with E-state index in [2.05, 4.69) is 20.9 Å². The standard InChI is InChI=1S/C26H22F3N5O6S/c1-25(2,23-32-19-15(26(27,28)29)9-12(40-3)10-17(19)41-23)33-24(39)30-11-4-5-13-14(8-11)22(38)34(21(13)37)16-6-7-18(35)31-20(16)36/h4-5,8-10,16H,6-7H2,1-3H3,(H2,30,33,39)(H,31,35,36). The molecule has 2 aliphatic heterocycles. The fraction of sp³-hybridized carbons (Fsp3) is 0.308. The van der Waals surface area contributed by atoms with E-state index >= 15 is 0 Å². The van der Waals surface area contributed by atoms with Crippen molar-refractivity contribution in [3.05, 3.63) is 52.0 Å². The number of carbonyl (C=O) groups is 5. The van der Waals surface area contributed by atoms with E-state index in [1.165, 1.54) is 31.4 Å². The summed E-state index contributed by atoms with van der Waals surface area (Å²) >= 11 is 0.968. The van der Waals surface area contributed by atoms with Crippen LogP contribution in [-0.4, -0.2) is 52.7 Å². The number of nitrogens with one attached hydrogen (secondary N) is 3. The minimum Gasteiger partial charge on any atom is -0.497 e. The summed E-state index contributed by atoms with van der Waals surface area (Å²) in [6.45, 7) is 3.13. The normalized spacial score (nSPS) is 17.5. The van der Waals surface area contributed by atoms with Gasteiger partial charge in [-0.05, 0) is 50.6 Å². The summed E-state index contributed by atoms with van der Waals surface area (Å²) in [4.78, 5) is 67.5. The first-order chi connectivity index (χ1) is 19.2. The number of aromatic nitrogens is 1. The third-order valence-electron chi connectivity index (χ3n) is 6.67. The van der Waals surface area contributed by atoms with E-state index in [1.807, 2.05) is 0 Å². The van der Waals surface area contributed by atoms with E-state index in [0.29, 0.717) is 0 Å². The molecule has 5 rings (SSSR count). The van der Waals surface area contributed by atoms with Gasteiger partial charge in [0, 0.05) is 12.1 Å². The van der Waals surface area contributed by atoms with Crippen LogP contribution < -0.4 is 20.7 Å². The molecule has 0 bridgehead atoms. The van der Waals surface area contributed by atoms with Crippen molar-refractivity contribution in [3.8, 4) is 5.75 Å². The van der Waals surface area contributed by atoms with Gasteiger partial charge >= 0.3 is 12.2 Å². The molecular formula is C26H22F3N5O6S. The molecule has 0 radical (unpaired) electrons. The number of halogens is 3. The average molecular weight is 590 g/mol. The lowest BCUT2D eigenvalue weighted by atomic mass is 10.0. The maximum atomic E-state index is 13.7. The molecule has 214 valence electrons. The van der Waals surface area contributed by atoms with Crippen LogP contribution in [0.25, 0.3) is 10.2 Å². The SMILES string of the molecule is COc1cc(C(F)(F)F)c2nc(C(C)(C)NC(=O)Nc3ccc4c(c3)C(=O)N(C3CCC(=O)NC3=O)C4=O)sc2c1. The molecule has 15 heteroatoms. The number of nitrogens with zero attached hydrogens (tertiary/aromatic N) is 2. The Morgan fingerprint density at radius 1 is 1.10 bits per heavy atom. The van der Waals surface area contributed by atoms with Crippen molar-refractivity contribution in [3.63, 3.8) is 0 Å². The number of amides is 6. The first-order valence-corrected chi connectivity index (χ1v) is 13.0. The van der Waals surface area contributed by atoms with Gasteiger partial charge in [-0.25, -0.2) is 9.78 Å². The lowest BCUT2D eigenvalue weighted by Crippen LogP contribution is -2.54. The van der Waals surface area contributed by atoms with Gasteiger partial charge in [-0.3, -0.25) is 29.4 Å². The number of thiazole rings is 1. The molecule has 2 aromatic carbocycles. The highest BCUT2D eigenvalue weighted by Crippen LogP contribution is 2.41. The molecule has 41 heavy (non-hydrogen) atoms.